The van der Waals surface area contributed by atoms with Crippen LogP contribution in [0.2, 0.25) is 0 Å². The van der Waals surface area contributed by atoms with Gasteiger partial charge in [-0.15, -0.1) is 11.3 Å². The first-order valence-corrected chi connectivity index (χ1v) is 7.58. The molecule has 0 N–H and O–H groups in total. The van der Waals surface area contributed by atoms with E-state index in [1.54, 1.807) is 19.1 Å². The second-order valence-electron chi connectivity index (χ2n) is 4.69. The van der Waals surface area contributed by atoms with E-state index in [2.05, 4.69) is 0 Å². The van der Waals surface area contributed by atoms with E-state index in [1.807, 2.05) is 23.6 Å². The Hall–Kier alpha value is -2.39. The number of nitriles is 1. The lowest BCUT2D eigenvalue weighted by Gasteiger charge is -2.20. The highest BCUT2D eigenvalue weighted by Gasteiger charge is 2.49. The number of rotatable bonds is 4. The Kier molecular flexibility index (Phi) is 4.78. The SMILES string of the molecule is CCOC(=O)C1(C#N)CC(C(=O)OC)=C/C1=C/c1cccs1. The highest BCUT2D eigenvalue weighted by Crippen LogP contribution is 2.44. The zero-order chi connectivity index (χ0) is 16.2. The average Bonchev–Trinajstić information content (AvgIpc) is 3.15. The Morgan fingerprint density at radius 2 is 2.32 bits per heavy atom. The number of methoxy groups -OCH3 is 1. The molecule has 1 aromatic rings. The Labute approximate surface area is 132 Å². The topological polar surface area (TPSA) is 76.4 Å². The molecule has 1 unspecified atom stereocenters. The molecular weight excluding hydrogens is 302 g/mol. The number of carbonyl (C=O) groups excluding carboxylic acids is 2. The summed E-state index contributed by atoms with van der Waals surface area (Å²) in [5.74, 6) is -1.19. The average molecular weight is 317 g/mol. The molecule has 114 valence electrons. The van der Waals surface area contributed by atoms with Crippen molar-refractivity contribution in [2.24, 2.45) is 5.41 Å². The molecular formula is C16H15NO4S. The number of esters is 2. The van der Waals surface area contributed by atoms with Crippen LogP contribution in [0.4, 0.5) is 0 Å². The number of ether oxygens (including phenoxy) is 2. The van der Waals surface area contributed by atoms with Crippen LogP contribution in [0.1, 0.15) is 18.2 Å². The van der Waals surface area contributed by atoms with E-state index < -0.39 is 17.4 Å². The third kappa shape index (κ3) is 2.81. The summed E-state index contributed by atoms with van der Waals surface area (Å²) in [5.41, 5.74) is -0.750. The molecule has 0 radical (unpaired) electrons. The summed E-state index contributed by atoms with van der Waals surface area (Å²) in [6.45, 7) is 1.84. The summed E-state index contributed by atoms with van der Waals surface area (Å²) in [5, 5.41) is 11.5. The van der Waals surface area contributed by atoms with Gasteiger partial charge in [-0.1, -0.05) is 6.07 Å². The van der Waals surface area contributed by atoms with Crippen LogP contribution >= 0.6 is 11.3 Å². The van der Waals surface area contributed by atoms with Gasteiger partial charge in [0, 0.05) is 16.9 Å². The lowest BCUT2D eigenvalue weighted by molar-refractivity contribution is -0.149. The van der Waals surface area contributed by atoms with Crippen LogP contribution in [0, 0.1) is 16.7 Å². The summed E-state index contributed by atoms with van der Waals surface area (Å²) in [4.78, 5) is 25.0. The van der Waals surface area contributed by atoms with Gasteiger partial charge in [0.05, 0.1) is 19.8 Å². The number of thiophene rings is 1. The Morgan fingerprint density at radius 3 is 2.86 bits per heavy atom. The van der Waals surface area contributed by atoms with Gasteiger partial charge in [-0.2, -0.15) is 5.26 Å². The third-order valence-electron chi connectivity index (χ3n) is 3.38. The van der Waals surface area contributed by atoms with Gasteiger partial charge in [0.1, 0.15) is 0 Å². The van der Waals surface area contributed by atoms with Crippen LogP contribution in [0.3, 0.4) is 0 Å². The van der Waals surface area contributed by atoms with E-state index in [-0.39, 0.29) is 13.0 Å². The van der Waals surface area contributed by atoms with E-state index in [0.29, 0.717) is 11.1 Å². The zero-order valence-electron chi connectivity index (χ0n) is 12.3. The summed E-state index contributed by atoms with van der Waals surface area (Å²) in [6, 6.07) is 5.78. The molecule has 1 aromatic heterocycles. The number of nitrogens with zero attached hydrogens (tertiary/aromatic N) is 1. The summed E-state index contributed by atoms with van der Waals surface area (Å²) in [7, 11) is 1.27. The van der Waals surface area contributed by atoms with E-state index in [4.69, 9.17) is 9.47 Å². The molecule has 0 aliphatic heterocycles. The first-order chi connectivity index (χ1) is 10.6. The van der Waals surface area contributed by atoms with E-state index in [9.17, 15) is 14.9 Å². The summed E-state index contributed by atoms with van der Waals surface area (Å²) < 4.78 is 9.75. The molecule has 0 saturated heterocycles. The van der Waals surface area contributed by atoms with Gasteiger partial charge in [0.25, 0.3) is 0 Å². The van der Waals surface area contributed by atoms with Crippen molar-refractivity contribution in [1.82, 2.24) is 0 Å². The van der Waals surface area contributed by atoms with Gasteiger partial charge >= 0.3 is 11.9 Å². The standard InChI is InChI=1S/C16H15NO4S/c1-3-21-15(19)16(10-17)9-11(14(18)20-2)7-12(16)8-13-5-4-6-22-13/h4-8H,3,9H2,1-2H3/b12-8-. The Balaban J connectivity index is 2.50. The van der Waals surface area contributed by atoms with Crippen molar-refractivity contribution in [3.8, 4) is 6.07 Å². The fourth-order valence-corrected chi connectivity index (χ4v) is 2.96. The molecule has 1 aliphatic carbocycles. The summed E-state index contributed by atoms with van der Waals surface area (Å²) in [6.07, 6.45) is 3.25. The maximum Gasteiger partial charge on any atom is 0.333 e. The normalized spacial score (nSPS) is 22.0. The van der Waals surface area contributed by atoms with Crippen molar-refractivity contribution in [2.45, 2.75) is 13.3 Å². The van der Waals surface area contributed by atoms with Crippen molar-refractivity contribution < 1.29 is 19.1 Å². The highest BCUT2D eigenvalue weighted by molar-refractivity contribution is 7.10. The van der Waals surface area contributed by atoms with Gasteiger partial charge in [0.2, 0.25) is 0 Å². The smallest absolute Gasteiger partial charge is 0.333 e. The largest absolute Gasteiger partial charge is 0.466 e. The van der Waals surface area contributed by atoms with Crippen molar-refractivity contribution >= 4 is 29.4 Å². The van der Waals surface area contributed by atoms with Crippen LogP contribution in [0.25, 0.3) is 6.08 Å². The van der Waals surface area contributed by atoms with Crippen molar-refractivity contribution in [2.75, 3.05) is 13.7 Å². The van der Waals surface area contributed by atoms with Gasteiger partial charge in [0.15, 0.2) is 5.41 Å². The maximum absolute atomic E-state index is 12.3. The predicted molar refractivity (Wildman–Crippen MR) is 81.7 cm³/mol. The molecule has 1 aliphatic rings. The van der Waals surface area contributed by atoms with Crippen LogP contribution in [-0.2, 0) is 19.1 Å². The minimum absolute atomic E-state index is 0.0355. The molecule has 1 atom stereocenters. The van der Waals surface area contributed by atoms with E-state index >= 15 is 0 Å². The van der Waals surface area contributed by atoms with Gasteiger partial charge < -0.3 is 9.47 Å². The molecule has 0 fully saturated rings. The van der Waals surface area contributed by atoms with Gasteiger partial charge in [-0.3, -0.25) is 0 Å². The van der Waals surface area contributed by atoms with Gasteiger partial charge in [-0.05, 0) is 36.1 Å². The highest BCUT2D eigenvalue weighted by atomic mass is 32.1. The third-order valence-corrected chi connectivity index (χ3v) is 4.20. The number of hydrogen-bond acceptors (Lipinski definition) is 6. The zero-order valence-corrected chi connectivity index (χ0v) is 13.1. The molecule has 5 nitrogen and oxygen atoms in total. The monoisotopic (exact) mass is 317 g/mol. The first kappa shape index (κ1) is 16.0. The van der Waals surface area contributed by atoms with Gasteiger partial charge in [-0.25, -0.2) is 9.59 Å². The number of hydrogen-bond donors (Lipinski definition) is 0. The molecule has 0 spiro atoms. The van der Waals surface area contributed by atoms with Crippen LogP contribution in [0.5, 0.6) is 0 Å². The maximum atomic E-state index is 12.3. The number of carbonyl (C=O) groups is 2. The summed E-state index contributed by atoms with van der Waals surface area (Å²) >= 11 is 1.48. The Morgan fingerprint density at radius 1 is 1.55 bits per heavy atom. The van der Waals surface area contributed by atoms with E-state index in [0.717, 1.165) is 4.88 Å². The quantitative estimate of drug-likeness (QED) is 0.798. The fraction of sp³-hybridized carbons (Fsp3) is 0.312. The first-order valence-electron chi connectivity index (χ1n) is 6.70. The molecule has 22 heavy (non-hydrogen) atoms. The molecule has 1 heterocycles. The molecule has 6 heteroatoms. The second-order valence-corrected chi connectivity index (χ2v) is 5.67. The fourth-order valence-electron chi connectivity index (χ4n) is 2.30. The molecule has 0 aromatic carbocycles. The molecule has 0 saturated carbocycles. The number of allylic oxidation sites excluding steroid dienone is 1. The van der Waals surface area contributed by atoms with Crippen LogP contribution < -0.4 is 0 Å². The minimum Gasteiger partial charge on any atom is -0.466 e. The minimum atomic E-state index is -1.50. The second kappa shape index (κ2) is 6.58. The van der Waals surface area contributed by atoms with Crippen LogP contribution in [0.15, 0.2) is 34.7 Å². The Bertz CT molecular complexity index is 681. The lowest BCUT2D eigenvalue weighted by Crippen LogP contribution is -2.31. The molecule has 0 amide bonds. The van der Waals surface area contributed by atoms with Crippen molar-refractivity contribution in [3.05, 3.63) is 39.6 Å². The van der Waals surface area contributed by atoms with E-state index in [1.165, 1.54) is 18.4 Å². The van der Waals surface area contributed by atoms with Crippen LogP contribution in [-0.4, -0.2) is 25.7 Å². The lowest BCUT2D eigenvalue weighted by atomic mass is 9.82. The van der Waals surface area contributed by atoms with Crippen molar-refractivity contribution in [3.63, 3.8) is 0 Å². The molecule has 2 rings (SSSR count). The molecule has 0 bridgehead atoms. The van der Waals surface area contributed by atoms with Crippen molar-refractivity contribution in [1.29, 1.82) is 5.26 Å². The predicted octanol–water partition coefficient (Wildman–Crippen LogP) is 2.71.